The second kappa shape index (κ2) is 7.25. The molecule has 0 aliphatic carbocycles. The molecule has 0 aliphatic rings. The first-order valence-electron chi connectivity index (χ1n) is 6.37. The molecule has 2 N–H and O–H groups in total. The summed E-state index contributed by atoms with van der Waals surface area (Å²) >= 11 is 0. The highest BCUT2D eigenvalue weighted by Crippen LogP contribution is 2.12. The summed E-state index contributed by atoms with van der Waals surface area (Å²) in [6.07, 6.45) is 0. The molecule has 0 bridgehead atoms. The van der Waals surface area contributed by atoms with Crippen molar-refractivity contribution in [2.45, 2.75) is 20.4 Å². The fraction of sp³-hybridized carbons (Fsp3) is 0.462. The van der Waals surface area contributed by atoms with Gasteiger partial charge < -0.3 is 10.5 Å². The summed E-state index contributed by atoms with van der Waals surface area (Å²) < 4.78 is 30.2. The first-order valence-corrected chi connectivity index (χ1v) is 7.97. The van der Waals surface area contributed by atoms with Crippen molar-refractivity contribution in [1.82, 2.24) is 4.31 Å². The zero-order valence-electron chi connectivity index (χ0n) is 11.7. The van der Waals surface area contributed by atoms with Crippen molar-refractivity contribution < 1.29 is 17.9 Å². The maximum atomic E-state index is 12.1. The molecule has 0 amide bonds. The lowest BCUT2D eigenvalue weighted by molar-refractivity contribution is -0.140. The van der Waals surface area contributed by atoms with Crippen molar-refractivity contribution >= 4 is 21.7 Å². The van der Waals surface area contributed by atoms with Gasteiger partial charge in [-0.2, -0.15) is 4.31 Å². The third kappa shape index (κ3) is 4.82. The van der Waals surface area contributed by atoms with Crippen LogP contribution in [0.25, 0.3) is 0 Å². The predicted molar refractivity (Wildman–Crippen MR) is 77.4 cm³/mol. The Balaban J connectivity index is 2.78. The van der Waals surface area contributed by atoms with Crippen molar-refractivity contribution in [3.8, 4) is 0 Å². The number of nitrogen functional groups attached to an aromatic ring is 1. The molecule has 0 heterocycles. The second-order valence-electron chi connectivity index (χ2n) is 4.23. The number of sulfonamides is 1. The van der Waals surface area contributed by atoms with Gasteiger partial charge >= 0.3 is 5.97 Å². The molecule has 6 nitrogen and oxygen atoms in total. The quantitative estimate of drug-likeness (QED) is 0.599. The zero-order chi connectivity index (χ0) is 15.2. The SMILES string of the molecule is CCOC(=O)CS(=O)(=O)N(CC)Cc1ccc(N)cc1. The Morgan fingerprint density at radius 2 is 1.85 bits per heavy atom. The van der Waals surface area contributed by atoms with Crippen LogP contribution < -0.4 is 5.73 Å². The average molecular weight is 300 g/mol. The standard InChI is InChI=1S/C13H20N2O4S/c1-3-15(9-11-5-7-12(14)8-6-11)20(17,18)10-13(16)19-4-2/h5-8H,3-4,9-10,14H2,1-2H3. The van der Waals surface area contributed by atoms with E-state index in [9.17, 15) is 13.2 Å². The van der Waals surface area contributed by atoms with E-state index in [1.165, 1.54) is 4.31 Å². The Bertz CT molecular complexity index is 540. The topological polar surface area (TPSA) is 89.7 Å². The average Bonchev–Trinajstić information content (AvgIpc) is 2.37. The van der Waals surface area contributed by atoms with E-state index in [4.69, 9.17) is 5.73 Å². The molecule has 20 heavy (non-hydrogen) atoms. The molecular formula is C13H20N2O4S. The van der Waals surface area contributed by atoms with E-state index >= 15 is 0 Å². The van der Waals surface area contributed by atoms with E-state index in [0.717, 1.165) is 5.56 Å². The predicted octanol–water partition coefficient (Wildman–Crippen LogP) is 0.984. The summed E-state index contributed by atoms with van der Waals surface area (Å²) in [4.78, 5) is 11.3. The van der Waals surface area contributed by atoms with Gasteiger partial charge in [0.2, 0.25) is 10.0 Å². The van der Waals surface area contributed by atoms with Crippen molar-refractivity contribution in [2.24, 2.45) is 0 Å². The third-order valence-corrected chi connectivity index (χ3v) is 4.46. The Labute approximate surface area is 119 Å². The van der Waals surface area contributed by atoms with Crippen LogP contribution in [0.4, 0.5) is 5.69 Å². The summed E-state index contributed by atoms with van der Waals surface area (Å²) in [5.41, 5.74) is 7.01. The molecule has 112 valence electrons. The lowest BCUT2D eigenvalue weighted by atomic mass is 10.2. The summed E-state index contributed by atoms with van der Waals surface area (Å²) in [6.45, 7) is 4.01. The number of carbonyl (C=O) groups is 1. The number of ether oxygens (including phenoxy) is 1. The minimum absolute atomic E-state index is 0.165. The molecule has 1 aromatic rings. The van der Waals surface area contributed by atoms with Gasteiger partial charge in [-0.15, -0.1) is 0 Å². The molecule has 0 radical (unpaired) electrons. The van der Waals surface area contributed by atoms with E-state index in [-0.39, 0.29) is 19.7 Å². The smallest absolute Gasteiger partial charge is 0.322 e. The molecule has 1 aromatic carbocycles. The van der Waals surface area contributed by atoms with Crippen LogP contribution in [0.15, 0.2) is 24.3 Å². The number of esters is 1. The zero-order valence-corrected chi connectivity index (χ0v) is 12.5. The van der Waals surface area contributed by atoms with Crippen molar-refractivity contribution in [3.63, 3.8) is 0 Å². The van der Waals surface area contributed by atoms with Gasteiger partial charge in [0, 0.05) is 18.8 Å². The van der Waals surface area contributed by atoms with Gasteiger partial charge in [-0.1, -0.05) is 19.1 Å². The number of benzene rings is 1. The number of nitrogens with two attached hydrogens (primary N) is 1. The van der Waals surface area contributed by atoms with Crippen LogP contribution in [0.5, 0.6) is 0 Å². The van der Waals surface area contributed by atoms with Gasteiger partial charge in [0.05, 0.1) is 6.61 Å². The normalized spacial score (nSPS) is 11.6. The largest absolute Gasteiger partial charge is 0.465 e. The van der Waals surface area contributed by atoms with Crippen LogP contribution >= 0.6 is 0 Å². The van der Waals surface area contributed by atoms with Gasteiger partial charge in [-0.25, -0.2) is 8.42 Å². The first kappa shape index (κ1) is 16.5. The fourth-order valence-corrected chi connectivity index (χ4v) is 2.98. The van der Waals surface area contributed by atoms with Crippen LogP contribution in [0.3, 0.4) is 0 Å². The highest BCUT2D eigenvalue weighted by Gasteiger charge is 2.24. The van der Waals surface area contributed by atoms with Crippen LogP contribution in [0.1, 0.15) is 19.4 Å². The first-order chi connectivity index (χ1) is 9.39. The minimum Gasteiger partial charge on any atom is -0.465 e. The van der Waals surface area contributed by atoms with Crippen LogP contribution in [0.2, 0.25) is 0 Å². The summed E-state index contributed by atoms with van der Waals surface area (Å²) in [5.74, 6) is -1.37. The fourth-order valence-electron chi connectivity index (χ4n) is 1.68. The summed E-state index contributed by atoms with van der Waals surface area (Å²) in [6, 6.07) is 6.94. The molecule has 0 aromatic heterocycles. The number of hydrogen-bond donors (Lipinski definition) is 1. The van der Waals surface area contributed by atoms with Gasteiger partial charge in [0.25, 0.3) is 0 Å². The van der Waals surface area contributed by atoms with E-state index in [1.54, 1.807) is 38.1 Å². The lowest BCUT2D eigenvalue weighted by Gasteiger charge is -2.20. The monoisotopic (exact) mass is 300 g/mol. The number of nitrogens with zero attached hydrogens (tertiary/aromatic N) is 1. The van der Waals surface area contributed by atoms with Crippen LogP contribution in [-0.2, 0) is 26.1 Å². The van der Waals surface area contributed by atoms with E-state index < -0.39 is 21.7 Å². The Morgan fingerprint density at radius 3 is 2.35 bits per heavy atom. The highest BCUT2D eigenvalue weighted by atomic mass is 32.2. The van der Waals surface area contributed by atoms with Crippen LogP contribution in [0, 0.1) is 0 Å². The molecular weight excluding hydrogens is 280 g/mol. The Morgan fingerprint density at radius 1 is 1.25 bits per heavy atom. The lowest BCUT2D eigenvalue weighted by Crippen LogP contribution is -2.35. The summed E-state index contributed by atoms with van der Waals surface area (Å²) in [7, 11) is -3.67. The number of hydrogen-bond acceptors (Lipinski definition) is 5. The van der Waals surface area contributed by atoms with Crippen molar-refractivity contribution in [2.75, 3.05) is 24.6 Å². The van der Waals surface area contributed by atoms with Gasteiger partial charge in [-0.3, -0.25) is 4.79 Å². The Kier molecular flexibility index (Phi) is 5.97. The molecule has 0 fully saturated rings. The summed E-state index contributed by atoms with van der Waals surface area (Å²) in [5, 5.41) is 0. The van der Waals surface area contributed by atoms with Gasteiger partial charge in [0.1, 0.15) is 0 Å². The minimum atomic E-state index is -3.67. The number of anilines is 1. The third-order valence-electron chi connectivity index (χ3n) is 2.69. The van der Waals surface area contributed by atoms with E-state index in [1.807, 2.05) is 0 Å². The van der Waals surface area contributed by atoms with Gasteiger partial charge in [-0.05, 0) is 24.6 Å². The van der Waals surface area contributed by atoms with Crippen LogP contribution in [-0.4, -0.2) is 37.6 Å². The molecule has 0 aliphatic heterocycles. The van der Waals surface area contributed by atoms with E-state index in [0.29, 0.717) is 5.69 Å². The van der Waals surface area contributed by atoms with Crippen molar-refractivity contribution in [1.29, 1.82) is 0 Å². The molecule has 0 spiro atoms. The molecule has 1 rings (SSSR count). The maximum Gasteiger partial charge on any atom is 0.322 e. The van der Waals surface area contributed by atoms with Gasteiger partial charge in [0.15, 0.2) is 5.75 Å². The number of rotatable bonds is 7. The molecule has 0 atom stereocenters. The number of carbonyl (C=O) groups excluding carboxylic acids is 1. The molecule has 0 saturated carbocycles. The molecule has 0 unspecified atom stereocenters. The highest BCUT2D eigenvalue weighted by molar-refractivity contribution is 7.89. The van der Waals surface area contributed by atoms with E-state index in [2.05, 4.69) is 4.74 Å². The second-order valence-corrected chi connectivity index (χ2v) is 6.20. The molecule has 7 heteroatoms. The Hall–Kier alpha value is -1.60. The van der Waals surface area contributed by atoms with Crippen molar-refractivity contribution in [3.05, 3.63) is 29.8 Å². The molecule has 0 saturated heterocycles. The maximum absolute atomic E-state index is 12.1.